The molecule has 0 bridgehead atoms. The van der Waals surface area contributed by atoms with Crippen molar-refractivity contribution in [2.45, 2.75) is 36.6 Å². The molecule has 3 rings (SSSR count). The third-order valence-electron chi connectivity index (χ3n) is 5.30. The third kappa shape index (κ3) is 3.69. The summed E-state index contributed by atoms with van der Waals surface area (Å²) in [7, 11) is -2.38. The highest BCUT2D eigenvalue weighted by molar-refractivity contribution is 9.12. The van der Waals surface area contributed by atoms with Gasteiger partial charge in [-0.25, -0.2) is 0 Å². The lowest BCUT2D eigenvalue weighted by Crippen LogP contribution is -2.66. The first-order valence-electron chi connectivity index (χ1n) is 8.83. The zero-order valence-corrected chi connectivity index (χ0v) is 19.3. The Balaban J connectivity index is 2.03. The normalized spacial score (nSPS) is 23.5. The van der Waals surface area contributed by atoms with Crippen LogP contribution in [0.4, 0.5) is 0 Å². The van der Waals surface area contributed by atoms with E-state index < -0.39 is 8.32 Å². The minimum Gasteiger partial charge on any atom is -0.407 e. The van der Waals surface area contributed by atoms with Crippen LogP contribution in [-0.4, -0.2) is 24.6 Å². The molecule has 0 aromatic heterocycles. The average molecular weight is 482 g/mol. The Hall–Kier alpha value is -0.423. The molecule has 1 nitrogen and oxygen atoms in total. The van der Waals surface area contributed by atoms with Gasteiger partial charge in [-0.15, -0.1) is 0 Å². The fourth-order valence-corrected chi connectivity index (χ4v) is 9.53. The predicted molar refractivity (Wildman–Crippen MR) is 117 cm³/mol. The Labute approximate surface area is 169 Å². The second kappa shape index (κ2) is 7.30. The van der Waals surface area contributed by atoms with Crippen LogP contribution >= 0.6 is 31.9 Å². The molecular weight excluding hydrogens is 456 g/mol. The molecule has 1 aliphatic rings. The highest BCUT2D eigenvalue weighted by Gasteiger charge is 2.55. The van der Waals surface area contributed by atoms with Crippen molar-refractivity contribution in [3.05, 3.63) is 60.7 Å². The van der Waals surface area contributed by atoms with Crippen LogP contribution in [0.1, 0.15) is 27.2 Å². The summed E-state index contributed by atoms with van der Waals surface area (Å²) in [6, 6.07) is 21.7. The molecule has 4 heteroatoms. The first-order chi connectivity index (χ1) is 11.8. The molecule has 134 valence electrons. The van der Waals surface area contributed by atoms with Crippen molar-refractivity contribution in [1.29, 1.82) is 0 Å². The van der Waals surface area contributed by atoms with Gasteiger partial charge in [0.15, 0.2) is 0 Å². The van der Waals surface area contributed by atoms with Gasteiger partial charge in [-0.2, -0.15) is 0 Å². The number of halogens is 2. The minimum absolute atomic E-state index is 0.0496. The maximum Gasteiger partial charge on any atom is 0.261 e. The molecule has 2 aromatic carbocycles. The van der Waals surface area contributed by atoms with Crippen molar-refractivity contribution in [3.8, 4) is 0 Å². The van der Waals surface area contributed by atoms with E-state index in [-0.39, 0.29) is 9.36 Å². The van der Waals surface area contributed by atoms with Gasteiger partial charge >= 0.3 is 0 Å². The first kappa shape index (κ1) is 19.3. The Kier molecular flexibility index (Phi) is 5.65. The third-order valence-corrected chi connectivity index (χ3v) is 13.3. The quantitative estimate of drug-likeness (QED) is 0.411. The molecule has 0 aliphatic heterocycles. The van der Waals surface area contributed by atoms with Crippen molar-refractivity contribution in [2.75, 3.05) is 11.9 Å². The summed E-state index contributed by atoms with van der Waals surface area (Å²) in [5, 5.41) is 3.74. The van der Waals surface area contributed by atoms with Gasteiger partial charge in [0.05, 0.1) is 0 Å². The Morgan fingerprint density at radius 3 is 1.84 bits per heavy atom. The fourth-order valence-electron chi connectivity index (χ4n) is 3.71. The van der Waals surface area contributed by atoms with Gasteiger partial charge in [0.25, 0.3) is 8.32 Å². The summed E-state index contributed by atoms with van der Waals surface area (Å²) >= 11 is 7.51. The number of benzene rings is 2. The van der Waals surface area contributed by atoms with E-state index in [0.29, 0.717) is 5.92 Å². The first-order valence-corrected chi connectivity index (χ1v) is 12.7. The molecule has 2 atom stereocenters. The lowest BCUT2D eigenvalue weighted by Gasteiger charge is -2.43. The summed E-state index contributed by atoms with van der Waals surface area (Å²) in [4.78, 5) is 0. The van der Waals surface area contributed by atoms with Crippen LogP contribution in [0.5, 0.6) is 0 Å². The molecule has 0 heterocycles. The summed E-state index contributed by atoms with van der Waals surface area (Å²) in [5.41, 5.74) is 0. The number of rotatable bonds is 6. The molecule has 25 heavy (non-hydrogen) atoms. The van der Waals surface area contributed by atoms with Crippen LogP contribution in [0.3, 0.4) is 0 Å². The molecule has 0 amide bonds. The van der Waals surface area contributed by atoms with Crippen LogP contribution in [0, 0.1) is 5.92 Å². The van der Waals surface area contributed by atoms with E-state index in [0.717, 1.165) is 11.9 Å². The van der Waals surface area contributed by atoms with Crippen LogP contribution < -0.4 is 10.4 Å². The summed E-state index contributed by atoms with van der Waals surface area (Å²) in [6.45, 7) is 7.80. The van der Waals surface area contributed by atoms with Gasteiger partial charge in [0, 0.05) is 16.3 Å². The van der Waals surface area contributed by atoms with E-state index in [1.54, 1.807) is 0 Å². The predicted octanol–water partition coefficient (Wildman–Crippen LogP) is 5.11. The topological polar surface area (TPSA) is 9.23 Å². The molecular formula is C21H26Br2OSi. The molecule has 1 saturated carbocycles. The molecule has 0 N–H and O–H groups in total. The van der Waals surface area contributed by atoms with Crippen LogP contribution in [0.25, 0.3) is 0 Å². The zero-order chi connectivity index (χ0) is 18.1. The summed E-state index contributed by atoms with van der Waals surface area (Å²) < 4.78 is 7.20. The maximum atomic E-state index is 6.98. The lowest BCUT2D eigenvalue weighted by molar-refractivity contribution is 0.278. The molecule has 1 aliphatic carbocycles. The van der Waals surface area contributed by atoms with Gasteiger partial charge < -0.3 is 4.43 Å². The summed E-state index contributed by atoms with van der Waals surface area (Å²) in [5.74, 6) is 0.577. The van der Waals surface area contributed by atoms with E-state index in [4.69, 9.17) is 4.43 Å². The molecule has 2 aromatic rings. The van der Waals surface area contributed by atoms with Gasteiger partial charge in [-0.05, 0) is 27.8 Å². The van der Waals surface area contributed by atoms with Crippen molar-refractivity contribution >= 4 is 50.6 Å². The van der Waals surface area contributed by atoms with Crippen molar-refractivity contribution in [3.63, 3.8) is 0 Å². The molecule has 0 saturated heterocycles. The van der Waals surface area contributed by atoms with E-state index in [9.17, 15) is 0 Å². The van der Waals surface area contributed by atoms with Gasteiger partial charge in [0.2, 0.25) is 0 Å². The Bertz CT molecular complexity index is 659. The Morgan fingerprint density at radius 2 is 1.48 bits per heavy atom. The standard InChI is InChI=1S/C21H26Br2OSi/c1-20(2,3)25(18-10-6-4-7-11-18,19-12-8-5-9-13-19)24-15-17-14-21(17,23)16-22/h4-13,17H,14-16H2,1-3H3/t17-,21?/m1/s1. The number of hydrogen-bond donors (Lipinski definition) is 0. The fraction of sp³-hybridized carbons (Fsp3) is 0.429. The van der Waals surface area contributed by atoms with Crippen LogP contribution in [-0.2, 0) is 4.43 Å². The monoisotopic (exact) mass is 480 g/mol. The lowest BCUT2D eigenvalue weighted by atomic mass is 10.2. The van der Waals surface area contributed by atoms with Gasteiger partial charge in [-0.1, -0.05) is 113 Å². The van der Waals surface area contributed by atoms with Crippen LogP contribution in [0.15, 0.2) is 60.7 Å². The van der Waals surface area contributed by atoms with E-state index >= 15 is 0 Å². The molecule has 1 fully saturated rings. The van der Waals surface area contributed by atoms with Gasteiger partial charge in [0.1, 0.15) is 0 Å². The molecule has 0 spiro atoms. The minimum atomic E-state index is -2.38. The molecule has 1 unspecified atom stereocenters. The van der Waals surface area contributed by atoms with E-state index in [2.05, 4.69) is 113 Å². The van der Waals surface area contributed by atoms with Crippen molar-refractivity contribution in [2.24, 2.45) is 5.92 Å². The number of hydrogen-bond acceptors (Lipinski definition) is 1. The van der Waals surface area contributed by atoms with Crippen molar-refractivity contribution < 1.29 is 4.43 Å². The summed E-state index contributed by atoms with van der Waals surface area (Å²) in [6.07, 6.45) is 1.18. The van der Waals surface area contributed by atoms with E-state index in [1.165, 1.54) is 16.8 Å². The average Bonchev–Trinajstić information content (AvgIpc) is 3.27. The largest absolute Gasteiger partial charge is 0.407 e. The SMILES string of the molecule is CC(C)(C)[Si](OC[C@H]1CC1(Br)CBr)(c1ccccc1)c1ccccc1. The number of alkyl halides is 2. The second-order valence-corrected chi connectivity index (χ2v) is 14.5. The van der Waals surface area contributed by atoms with Gasteiger partial charge in [-0.3, -0.25) is 0 Å². The highest BCUT2D eigenvalue weighted by Crippen LogP contribution is 2.53. The second-order valence-electron chi connectivity index (χ2n) is 8.04. The zero-order valence-electron chi connectivity index (χ0n) is 15.1. The molecule has 0 radical (unpaired) electrons. The maximum absolute atomic E-state index is 6.98. The highest BCUT2D eigenvalue weighted by atomic mass is 79.9. The van der Waals surface area contributed by atoms with E-state index in [1.807, 2.05) is 0 Å². The Morgan fingerprint density at radius 1 is 1.00 bits per heavy atom. The smallest absolute Gasteiger partial charge is 0.261 e. The van der Waals surface area contributed by atoms with Crippen molar-refractivity contribution in [1.82, 2.24) is 0 Å². The van der Waals surface area contributed by atoms with Crippen LogP contribution in [0.2, 0.25) is 5.04 Å².